The SMILES string of the molecule is CCCCCC1CCC(c2ccc(-c3cc(F)c(C(F)(F)Oc4cc(F)c(F)c(F)c4C)c(F)c3)c(F)c2)CC1. The van der Waals surface area contributed by atoms with Gasteiger partial charge in [-0.15, -0.1) is 0 Å². The standard InChI is InChI=1S/C31H30F8O/c1-3-4-5-6-18-7-9-19(10-8-18)20-11-12-22(23(32)13-20)21-14-24(33)28(25(34)15-21)31(38,39)40-27-16-26(35)30(37)29(36)17(27)2/h11-16,18-19H,3-10H2,1-2H3. The summed E-state index contributed by atoms with van der Waals surface area (Å²) in [6.45, 7) is 3.00. The summed E-state index contributed by atoms with van der Waals surface area (Å²) in [5.74, 6) is -10.1. The van der Waals surface area contributed by atoms with Crippen LogP contribution in [0.3, 0.4) is 0 Å². The fourth-order valence-corrected chi connectivity index (χ4v) is 5.45. The minimum Gasteiger partial charge on any atom is -0.428 e. The summed E-state index contributed by atoms with van der Waals surface area (Å²) in [7, 11) is 0. The number of alkyl halides is 2. The van der Waals surface area contributed by atoms with E-state index in [4.69, 9.17) is 0 Å². The Morgan fingerprint density at radius 2 is 1.43 bits per heavy atom. The van der Waals surface area contributed by atoms with E-state index in [0.29, 0.717) is 18.1 Å². The number of benzene rings is 3. The number of ether oxygens (including phenoxy) is 1. The average molecular weight is 571 g/mol. The molecule has 0 N–H and O–H groups in total. The molecule has 1 nitrogen and oxygen atoms in total. The van der Waals surface area contributed by atoms with Gasteiger partial charge in [-0.1, -0.05) is 44.7 Å². The Morgan fingerprint density at radius 3 is 2.02 bits per heavy atom. The third-order valence-corrected chi connectivity index (χ3v) is 7.77. The molecule has 0 aromatic heterocycles. The topological polar surface area (TPSA) is 9.23 Å². The largest absolute Gasteiger partial charge is 0.432 e. The fourth-order valence-electron chi connectivity index (χ4n) is 5.45. The summed E-state index contributed by atoms with van der Waals surface area (Å²) >= 11 is 0. The van der Waals surface area contributed by atoms with Crippen molar-refractivity contribution in [3.05, 3.63) is 88.0 Å². The maximum absolute atomic E-state index is 15.1. The van der Waals surface area contributed by atoms with E-state index in [1.807, 2.05) is 0 Å². The summed E-state index contributed by atoms with van der Waals surface area (Å²) in [5.41, 5.74) is -2.37. The molecule has 0 saturated heterocycles. The Hall–Kier alpha value is -3.10. The summed E-state index contributed by atoms with van der Waals surface area (Å²) < 4.78 is 119. The molecule has 1 aliphatic carbocycles. The maximum Gasteiger partial charge on any atom is 0.432 e. The van der Waals surface area contributed by atoms with Gasteiger partial charge >= 0.3 is 6.11 Å². The van der Waals surface area contributed by atoms with Crippen LogP contribution in [0.15, 0.2) is 36.4 Å². The van der Waals surface area contributed by atoms with Gasteiger partial charge in [0.25, 0.3) is 0 Å². The van der Waals surface area contributed by atoms with Crippen LogP contribution in [-0.4, -0.2) is 0 Å². The molecular weight excluding hydrogens is 540 g/mol. The molecule has 1 fully saturated rings. The van der Waals surface area contributed by atoms with Crippen molar-refractivity contribution in [1.82, 2.24) is 0 Å². The van der Waals surface area contributed by atoms with Crippen LogP contribution in [0.2, 0.25) is 0 Å². The van der Waals surface area contributed by atoms with Crippen LogP contribution >= 0.6 is 0 Å². The molecule has 40 heavy (non-hydrogen) atoms. The number of halogens is 8. The monoisotopic (exact) mass is 570 g/mol. The lowest BCUT2D eigenvalue weighted by molar-refractivity contribution is -0.190. The van der Waals surface area contributed by atoms with Crippen molar-refractivity contribution < 1.29 is 39.9 Å². The van der Waals surface area contributed by atoms with Gasteiger partial charge in [0.15, 0.2) is 17.5 Å². The second-order valence-corrected chi connectivity index (χ2v) is 10.5. The summed E-state index contributed by atoms with van der Waals surface area (Å²) in [5, 5.41) is 0. The minimum absolute atomic E-state index is 0.154. The van der Waals surface area contributed by atoms with Gasteiger partial charge in [-0.2, -0.15) is 8.78 Å². The van der Waals surface area contributed by atoms with E-state index in [1.165, 1.54) is 37.8 Å². The molecule has 0 unspecified atom stereocenters. The third-order valence-electron chi connectivity index (χ3n) is 7.77. The molecule has 1 aliphatic rings. The molecule has 3 aromatic carbocycles. The number of hydrogen-bond acceptors (Lipinski definition) is 1. The quantitative estimate of drug-likeness (QED) is 0.141. The molecule has 3 aromatic rings. The van der Waals surface area contributed by atoms with Crippen molar-refractivity contribution in [3.8, 4) is 16.9 Å². The van der Waals surface area contributed by atoms with Crippen LogP contribution in [0.25, 0.3) is 11.1 Å². The Balaban J connectivity index is 1.53. The molecule has 0 aliphatic heterocycles. The molecule has 0 atom stereocenters. The molecule has 0 amide bonds. The van der Waals surface area contributed by atoms with E-state index < -0.39 is 57.9 Å². The Morgan fingerprint density at radius 1 is 0.775 bits per heavy atom. The first-order valence-corrected chi connectivity index (χ1v) is 13.4. The summed E-state index contributed by atoms with van der Waals surface area (Å²) in [6.07, 6.45) is 4.02. The van der Waals surface area contributed by atoms with E-state index in [9.17, 15) is 30.7 Å². The highest BCUT2D eigenvalue weighted by Crippen LogP contribution is 2.41. The molecule has 0 radical (unpaired) electrons. The highest BCUT2D eigenvalue weighted by atomic mass is 19.3. The first-order chi connectivity index (χ1) is 18.9. The van der Waals surface area contributed by atoms with Crippen molar-refractivity contribution in [3.63, 3.8) is 0 Å². The van der Waals surface area contributed by atoms with Crippen molar-refractivity contribution >= 4 is 0 Å². The normalized spacial score (nSPS) is 17.8. The van der Waals surface area contributed by atoms with Crippen LogP contribution in [0, 0.1) is 47.7 Å². The molecule has 0 spiro atoms. The second kappa shape index (κ2) is 12.2. The van der Waals surface area contributed by atoms with Gasteiger partial charge in [0.1, 0.15) is 28.8 Å². The molecule has 9 heteroatoms. The fraction of sp³-hybridized carbons (Fsp3) is 0.419. The van der Waals surface area contributed by atoms with Gasteiger partial charge in [-0.05, 0) is 73.8 Å². The molecule has 216 valence electrons. The summed E-state index contributed by atoms with van der Waals surface area (Å²) in [4.78, 5) is 0. The van der Waals surface area contributed by atoms with Gasteiger partial charge in [-0.3, -0.25) is 0 Å². The smallest absolute Gasteiger partial charge is 0.428 e. The highest BCUT2D eigenvalue weighted by molar-refractivity contribution is 5.65. The van der Waals surface area contributed by atoms with E-state index in [1.54, 1.807) is 6.07 Å². The zero-order valence-corrected chi connectivity index (χ0v) is 22.2. The molecule has 4 rings (SSSR count). The summed E-state index contributed by atoms with van der Waals surface area (Å²) in [6, 6.07) is 5.60. The molecule has 1 saturated carbocycles. The van der Waals surface area contributed by atoms with Gasteiger partial charge in [0, 0.05) is 17.2 Å². The zero-order valence-electron chi connectivity index (χ0n) is 22.2. The lowest BCUT2D eigenvalue weighted by Gasteiger charge is -2.29. The maximum atomic E-state index is 15.1. The highest BCUT2D eigenvalue weighted by Gasteiger charge is 2.42. The molecular formula is C31H30F8O. The minimum atomic E-state index is -4.73. The van der Waals surface area contributed by atoms with Crippen LogP contribution < -0.4 is 4.74 Å². The first-order valence-electron chi connectivity index (χ1n) is 13.4. The number of rotatable bonds is 9. The second-order valence-electron chi connectivity index (χ2n) is 10.5. The van der Waals surface area contributed by atoms with E-state index >= 15 is 4.39 Å². The zero-order chi connectivity index (χ0) is 29.2. The van der Waals surface area contributed by atoms with Crippen LogP contribution in [0.1, 0.15) is 80.9 Å². The van der Waals surface area contributed by atoms with Gasteiger partial charge in [-0.25, -0.2) is 26.3 Å². The van der Waals surface area contributed by atoms with Crippen molar-refractivity contribution in [2.24, 2.45) is 5.92 Å². The van der Waals surface area contributed by atoms with Crippen LogP contribution in [0.5, 0.6) is 5.75 Å². The Labute approximate surface area is 228 Å². The number of hydrogen-bond donors (Lipinski definition) is 0. The van der Waals surface area contributed by atoms with Crippen molar-refractivity contribution in [2.45, 2.75) is 77.2 Å². The predicted octanol–water partition coefficient (Wildman–Crippen LogP) is 10.5. The Bertz CT molecular complexity index is 1340. The number of unbranched alkanes of at least 4 members (excludes halogenated alkanes) is 2. The molecule has 0 heterocycles. The third kappa shape index (κ3) is 6.28. The van der Waals surface area contributed by atoms with Crippen LogP contribution in [-0.2, 0) is 6.11 Å². The van der Waals surface area contributed by atoms with Crippen molar-refractivity contribution in [2.75, 3.05) is 0 Å². The van der Waals surface area contributed by atoms with E-state index in [0.717, 1.165) is 38.2 Å². The van der Waals surface area contributed by atoms with Gasteiger partial charge in [0.2, 0.25) is 0 Å². The average Bonchev–Trinajstić information content (AvgIpc) is 2.90. The predicted molar refractivity (Wildman–Crippen MR) is 136 cm³/mol. The van der Waals surface area contributed by atoms with E-state index in [-0.39, 0.29) is 23.1 Å². The lowest BCUT2D eigenvalue weighted by Crippen LogP contribution is -2.26. The molecule has 0 bridgehead atoms. The van der Waals surface area contributed by atoms with Gasteiger partial charge < -0.3 is 4.74 Å². The lowest BCUT2D eigenvalue weighted by atomic mass is 9.77. The van der Waals surface area contributed by atoms with E-state index in [2.05, 4.69) is 11.7 Å². The first kappa shape index (κ1) is 29.9. The van der Waals surface area contributed by atoms with Crippen LogP contribution in [0.4, 0.5) is 35.1 Å². The van der Waals surface area contributed by atoms with Crippen molar-refractivity contribution in [1.29, 1.82) is 0 Å². The van der Waals surface area contributed by atoms with Gasteiger partial charge in [0.05, 0.1) is 0 Å². The Kier molecular flexibility index (Phi) is 9.10.